The lowest BCUT2D eigenvalue weighted by atomic mass is 9.79. The smallest absolute Gasteiger partial charge is 0.399 e. The zero-order chi connectivity index (χ0) is 24.3. The summed E-state index contributed by atoms with van der Waals surface area (Å²) in [6, 6.07) is 12.5. The number of hydrogen-bond acceptors (Lipinski definition) is 6. The van der Waals surface area contributed by atoms with Crippen LogP contribution in [0.25, 0.3) is 22.2 Å². The molecular formula is C25H26BN3O4S. The summed E-state index contributed by atoms with van der Waals surface area (Å²) in [5.41, 5.74) is 2.47. The van der Waals surface area contributed by atoms with Crippen LogP contribution < -0.4 is 5.46 Å². The quantitative estimate of drug-likeness (QED) is 0.416. The normalized spacial score (nSPS) is 17.4. The van der Waals surface area contributed by atoms with Crippen LogP contribution in [0.5, 0.6) is 0 Å². The van der Waals surface area contributed by atoms with Crippen molar-refractivity contribution >= 4 is 33.6 Å². The molecule has 1 saturated heterocycles. The van der Waals surface area contributed by atoms with Gasteiger partial charge in [0, 0.05) is 46.8 Å². The topological polar surface area (TPSA) is 83.3 Å². The molecule has 4 heterocycles. The molecule has 0 spiro atoms. The average molecular weight is 475 g/mol. The van der Waals surface area contributed by atoms with E-state index in [4.69, 9.17) is 9.31 Å². The third-order valence-corrected chi connectivity index (χ3v) is 8.39. The highest BCUT2D eigenvalue weighted by molar-refractivity contribution is 7.90. The lowest BCUT2D eigenvalue weighted by Crippen LogP contribution is -2.41. The highest BCUT2D eigenvalue weighted by atomic mass is 32.2. The van der Waals surface area contributed by atoms with Gasteiger partial charge in [0.1, 0.15) is 0 Å². The number of rotatable bonds is 4. The zero-order valence-electron chi connectivity index (χ0n) is 19.8. The van der Waals surface area contributed by atoms with E-state index in [1.54, 1.807) is 49.1 Å². The molecule has 174 valence electrons. The van der Waals surface area contributed by atoms with Crippen LogP contribution in [-0.4, -0.2) is 40.7 Å². The molecule has 0 aliphatic carbocycles. The number of fused-ring (bicyclic) bond motifs is 1. The second kappa shape index (κ2) is 7.76. The van der Waals surface area contributed by atoms with Gasteiger partial charge in [-0.25, -0.2) is 17.4 Å². The predicted octanol–water partition coefficient (Wildman–Crippen LogP) is 3.94. The molecule has 0 bridgehead atoms. The van der Waals surface area contributed by atoms with Crippen LogP contribution in [0, 0.1) is 6.92 Å². The summed E-state index contributed by atoms with van der Waals surface area (Å²) in [7, 11) is -4.64. The zero-order valence-corrected chi connectivity index (χ0v) is 20.6. The summed E-state index contributed by atoms with van der Waals surface area (Å²) in [6.07, 6.45) is 6.68. The van der Waals surface area contributed by atoms with E-state index in [1.165, 1.54) is 3.97 Å². The maximum atomic E-state index is 13.6. The molecular weight excluding hydrogens is 449 g/mol. The van der Waals surface area contributed by atoms with Gasteiger partial charge in [-0.15, -0.1) is 0 Å². The van der Waals surface area contributed by atoms with Crippen LogP contribution in [-0.2, 0) is 19.3 Å². The van der Waals surface area contributed by atoms with Crippen LogP contribution in [0.4, 0.5) is 0 Å². The molecule has 34 heavy (non-hydrogen) atoms. The van der Waals surface area contributed by atoms with Crippen molar-refractivity contribution in [1.82, 2.24) is 13.9 Å². The Balaban J connectivity index is 1.72. The fraction of sp³-hybridized carbons (Fsp3) is 0.280. The van der Waals surface area contributed by atoms with Crippen LogP contribution in [0.15, 0.2) is 72.1 Å². The Hall–Kier alpha value is -3.01. The Morgan fingerprint density at radius 3 is 2.24 bits per heavy atom. The van der Waals surface area contributed by atoms with E-state index in [1.807, 2.05) is 52.8 Å². The first-order valence-electron chi connectivity index (χ1n) is 11.1. The Labute approximate surface area is 200 Å². The van der Waals surface area contributed by atoms with Gasteiger partial charge in [0.05, 0.1) is 16.1 Å². The molecule has 0 amide bonds. The van der Waals surface area contributed by atoms with Gasteiger partial charge in [-0.05, 0) is 58.9 Å². The number of aromatic nitrogens is 3. The maximum absolute atomic E-state index is 13.6. The molecule has 0 atom stereocenters. The summed E-state index contributed by atoms with van der Waals surface area (Å²) in [5, 5.41) is 0.649. The van der Waals surface area contributed by atoms with Crippen LogP contribution in [0.1, 0.15) is 33.3 Å². The highest BCUT2D eigenvalue weighted by Gasteiger charge is 2.52. The summed E-state index contributed by atoms with van der Waals surface area (Å²) in [4.78, 5) is 8.96. The molecule has 1 aromatic carbocycles. The predicted molar refractivity (Wildman–Crippen MR) is 132 cm³/mol. The first-order valence-corrected chi connectivity index (χ1v) is 12.5. The minimum absolute atomic E-state index is 0.189. The molecule has 7 nitrogen and oxygen atoms in total. The molecule has 0 radical (unpaired) electrons. The van der Waals surface area contributed by atoms with E-state index in [0.717, 1.165) is 16.7 Å². The van der Waals surface area contributed by atoms with Crippen LogP contribution in [0.3, 0.4) is 0 Å². The minimum Gasteiger partial charge on any atom is -0.399 e. The largest absolute Gasteiger partial charge is 0.497 e. The van der Waals surface area contributed by atoms with Gasteiger partial charge in [0.15, 0.2) is 5.65 Å². The highest BCUT2D eigenvalue weighted by Crippen LogP contribution is 2.37. The van der Waals surface area contributed by atoms with Crippen molar-refractivity contribution in [2.24, 2.45) is 0 Å². The molecule has 9 heteroatoms. The Kier molecular flexibility index (Phi) is 5.20. The Bertz CT molecular complexity index is 1460. The summed E-state index contributed by atoms with van der Waals surface area (Å²) >= 11 is 0. The number of nitrogens with zero attached hydrogens (tertiary/aromatic N) is 3. The number of aryl methyl sites for hydroxylation is 1. The van der Waals surface area contributed by atoms with E-state index in [9.17, 15) is 8.42 Å². The molecule has 4 aromatic rings. The molecule has 5 rings (SSSR count). The van der Waals surface area contributed by atoms with Gasteiger partial charge in [-0.3, -0.25) is 4.98 Å². The minimum atomic E-state index is -3.90. The van der Waals surface area contributed by atoms with E-state index >= 15 is 0 Å². The van der Waals surface area contributed by atoms with Gasteiger partial charge >= 0.3 is 7.12 Å². The van der Waals surface area contributed by atoms with E-state index in [0.29, 0.717) is 16.5 Å². The van der Waals surface area contributed by atoms with Crippen molar-refractivity contribution in [1.29, 1.82) is 0 Å². The summed E-state index contributed by atoms with van der Waals surface area (Å²) in [6.45, 7) is 9.78. The van der Waals surface area contributed by atoms with Crippen molar-refractivity contribution in [3.05, 3.63) is 72.8 Å². The van der Waals surface area contributed by atoms with Crippen molar-refractivity contribution in [3.63, 3.8) is 0 Å². The molecule has 1 fully saturated rings. The number of hydrogen-bond donors (Lipinski definition) is 0. The first-order chi connectivity index (χ1) is 16.0. The van der Waals surface area contributed by atoms with E-state index in [2.05, 4.69) is 9.97 Å². The summed E-state index contributed by atoms with van der Waals surface area (Å²) < 4.78 is 41.0. The summed E-state index contributed by atoms with van der Waals surface area (Å²) in [5.74, 6) is 0. The maximum Gasteiger partial charge on any atom is 0.497 e. The fourth-order valence-corrected chi connectivity index (χ4v) is 5.29. The van der Waals surface area contributed by atoms with Gasteiger partial charge in [0.2, 0.25) is 0 Å². The lowest BCUT2D eigenvalue weighted by Gasteiger charge is -2.32. The van der Waals surface area contributed by atoms with Crippen molar-refractivity contribution in [2.75, 3.05) is 0 Å². The number of pyridine rings is 2. The number of benzene rings is 1. The van der Waals surface area contributed by atoms with Crippen molar-refractivity contribution < 1.29 is 17.7 Å². The van der Waals surface area contributed by atoms with Gasteiger partial charge in [-0.2, -0.15) is 0 Å². The third-order valence-electron chi connectivity index (χ3n) is 6.72. The second-order valence-electron chi connectivity index (χ2n) is 9.62. The molecule has 1 aliphatic heterocycles. The third kappa shape index (κ3) is 3.64. The van der Waals surface area contributed by atoms with E-state index < -0.39 is 28.3 Å². The van der Waals surface area contributed by atoms with Crippen molar-refractivity contribution in [3.8, 4) is 11.1 Å². The average Bonchev–Trinajstić information content (AvgIpc) is 3.28. The SMILES string of the molecule is Cc1ccc(S(=O)(=O)n2cc(B3OC(C)(C)C(C)(C)O3)c3cc(-c4cccnc4)cnc32)cc1. The molecule has 3 aromatic heterocycles. The standard InChI is InChI=1S/C25H26BN3O4S/c1-17-8-10-20(11-9-17)34(30,31)29-16-22(26-32-24(2,3)25(4,5)33-26)21-13-19(15-28-23(21)29)18-7-6-12-27-14-18/h6-16H,1-5H3. The monoisotopic (exact) mass is 475 g/mol. The second-order valence-corrected chi connectivity index (χ2v) is 11.4. The molecule has 0 unspecified atom stereocenters. The molecule has 0 N–H and O–H groups in total. The molecule has 0 saturated carbocycles. The Morgan fingerprint density at radius 2 is 1.62 bits per heavy atom. The van der Waals surface area contributed by atoms with Gasteiger partial charge in [-0.1, -0.05) is 23.8 Å². The van der Waals surface area contributed by atoms with Crippen LogP contribution in [0.2, 0.25) is 0 Å². The molecule has 1 aliphatic rings. The fourth-order valence-electron chi connectivity index (χ4n) is 3.96. The first kappa shape index (κ1) is 22.8. The van der Waals surface area contributed by atoms with Crippen molar-refractivity contribution in [2.45, 2.75) is 50.7 Å². The van der Waals surface area contributed by atoms with E-state index in [-0.39, 0.29) is 4.90 Å². The van der Waals surface area contributed by atoms with Crippen LogP contribution >= 0.6 is 0 Å². The Morgan fingerprint density at radius 1 is 0.941 bits per heavy atom. The lowest BCUT2D eigenvalue weighted by molar-refractivity contribution is 0.00578. The van der Waals surface area contributed by atoms with Gasteiger partial charge < -0.3 is 9.31 Å². The van der Waals surface area contributed by atoms with Gasteiger partial charge in [0.25, 0.3) is 10.0 Å².